The molecule has 0 aromatic heterocycles. The number of methoxy groups -OCH3 is 1. The zero-order valence-corrected chi connectivity index (χ0v) is 11.8. The van der Waals surface area contributed by atoms with E-state index in [-0.39, 0.29) is 24.2 Å². The lowest BCUT2D eigenvalue weighted by Gasteiger charge is -2.17. The van der Waals surface area contributed by atoms with E-state index < -0.39 is 11.9 Å². The second-order valence-electron chi connectivity index (χ2n) is 5.01. The van der Waals surface area contributed by atoms with Crippen LogP contribution in [0.15, 0.2) is 36.4 Å². The van der Waals surface area contributed by atoms with E-state index in [2.05, 4.69) is 5.32 Å². The minimum Gasteiger partial charge on any atom is -0.468 e. The summed E-state index contributed by atoms with van der Waals surface area (Å²) in [4.78, 5) is 23.8. The van der Waals surface area contributed by atoms with Crippen LogP contribution in [0.4, 0.5) is 4.39 Å². The van der Waals surface area contributed by atoms with E-state index >= 15 is 0 Å². The molecular weight excluding hydrogens is 273 g/mol. The number of amides is 1. The number of carbonyl (C=O) groups excluding carboxylic acids is 2. The number of rotatable bonds is 5. The van der Waals surface area contributed by atoms with Crippen molar-refractivity contribution in [3.63, 3.8) is 0 Å². The minimum absolute atomic E-state index is 0.0588. The summed E-state index contributed by atoms with van der Waals surface area (Å²) in [6.07, 6.45) is 5.40. The van der Waals surface area contributed by atoms with Crippen molar-refractivity contribution in [2.75, 3.05) is 13.7 Å². The number of halogens is 1. The lowest BCUT2D eigenvalue weighted by atomic mass is 9.98. The third-order valence-electron chi connectivity index (χ3n) is 3.62. The van der Waals surface area contributed by atoms with Crippen molar-refractivity contribution >= 4 is 11.9 Å². The van der Waals surface area contributed by atoms with Gasteiger partial charge in [-0.2, -0.15) is 0 Å². The Balaban J connectivity index is 2.01. The van der Waals surface area contributed by atoms with Gasteiger partial charge in [0.25, 0.3) is 0 Å². The molecule has 4 nitrogen and oxygen atoms in total. The average Bonchev–Trinajstić information content (AvgIpc) is 3.03. The third kappa shape index (κ3) is 3.90. The van der Waals surface area contributed by atoms with Crippen LogP contribution in [0.2, 0.25) is 0 Å². The number of hydrogen-bond donors (Lipinski definition) is 1. The van der Waals surface area contributed by atoms with Crippen molar-refractivity contribution in [3.8, 4) is 0 Å². The maximum Gasteiger partial charge on any atom is 0.314 e. The summed E-state index contributed by atoms with van der Waals surface area (Å²) < 4.78 is 17.7. The van der Waals surface area contributed by atoms with Gasteiger partial charge in [-0.3, -0.25) is 9.59 Å². The highest BCUT2D eigenvalue weighted by molar-refractivity contribution is 5.82. The van der Waals surface area contributed by atoms with Crippen molar-refractivity contribution < 1.29 is 18.7 Å². The summed E-state index contributed by atoms with van der Waals surface area (Å²) in [5.41, 5.74) is 0.619. The van der Waals surface area contributed by atoms with Gasteiger partial charge in [0.1, 0.15) is 5.82 Å². The highest BCUT2D eigenvalue weighted by Gasteiger charge is 2.25. The predicted molar refractivity (Wildman–Crippen MR) is 76.0 cm³/mol. The molecular formula is C16H18FNO3. The smallest absolute Gasteiger partial charge is 0.314 e. The van der Waals surface area contributed by atoms with Gasteiger partial charge in [-0.25, -0.2) is 4.39 Å². The van der Waals surface area contributed by atoms with Crippen LogP contribution in [-0.2, 0) is 14.3 Å². The monoisotopic (exact) mass is 291 g/mol. The molecule has 0 saturated carbocycles. The first-order valence-corrected chi connectivity index (χ1v) is 6.88. The molecule has 0 bridgehead atoms. The molecule has 0 saturated heterocycles. The van der Waals surface area contributed by atoms with E-state index in [1.54, 1.807) is 0 Å². The van der Waals surface area contributed by atoms with Crippen LogP contribution in [0.1, 0.15) is 24.3 Å². The van der Waals surface area contributed by atoms with E-state index in [0.717, 1.165) is 12.8 Å². The van der Waals surface area contributed by atoms with Crippen LogP contribution in [0.5, 0.6) is 0 Å². The molecule has 1 atom stereocenters. The van der Waals surface area contributed by atoms with Crippen LogP contribution in [0.3, 0.4) is 0 Å². The number of allylic oxidation sites excluding steroid dienone is 2. The van der Waals surface area contributed by atoms with Gasteiger partial charge in [0.05, 0.1) is 13.0 Å². The van der Waals surface area contributed by atoms with Gasteiger partial charge in [-0.05, 0) is 30.5 Å². The molecule has 0 heterocycles. The van der Waals surface area contributed by atoms with Crippen molar-refractivity contribution in [1.82, 2.24) is 5.32 Å². The largest absolute Gasteiger partial charge is 0.468 e. The van der Waals surface area contributed by atoms with Crippen LogP contribution in [-0.4, -0.2) is 25.5 Å². The molecule has 0 aliphatic heterocycles. The zero-order valence-electron chi connectivity index (χ0n) is 11.8. The van der Waals surface area contributed by atoms with E-state index in [1.165, 1.54) is 31.4 Å². The molecule has 1 N–H and O–H groups in total. The Morgan fingerprint density at radius 2 is 1.90 bits per heavy atom. The fourth-order valence-electron chi connectivity index (χ4n) is 2.35. The van der Waals surface area contributed by atoms with Crippen LogP contribution in [0.25, 0.3) is 0 Å². The summed E-state index contributed by atoms with van der Waals surface area (Å²) >= 11 is 0. The average molecular weight is 291 g/mol. The number of ether oxygens (including phenoxy) is 1. The standard InChI is InChI=1S/C16H18FNO3/c1-21-16(20)14(11-6-8-13(17)9-7-11)10-18-15(19)12-4-2-3-5-12/h2-3,6-9,12,14H,4-5,10H2,1H3,(H,18,19)/t14-/m0/s1. The maximum absolute atomic E-state index is 13.0. The summed E-state index contributed by atoms with van der Waals surface area (Å²) in [7, 11) is 1.29. The molecule has 1 amide bonds. The Morgan fingerprint density at radius 1 is 1.29 bits per heavy atom. The molecule has 1 aromatic carbocycles. The van der Waals surface area contributed by atoms with E-state index in [1.807, 2.05) is 12.2 Å². The summed E-state index contributed by atoms with van der Waals surface area (Å²) in [6.45, 7) is 0.146. The Bertz CT molecular complexity index is 531. The quantitative estimate of drug-likeness (QED) is 0.668. The molecule has 0 fully saturated rings. The number of carbonyl (C=O) groups is 2. The Hall–Kier alpha value is -2.17. The Kier molecular flexibility index (Phi) is 5.09. The van der Waals surface area contributed by atoms with Crippen molar-refractivity contribution in [3.05, 3.63) is 47.8 Å². The second-order valence-corrected chi connectivity index (χ2v) is 5.01. The molecule has 0 unspecified atom stereocenters. The fraction of sp³-hybridized carbons (Fsp3) is 0.375. The first-order chi connectivity index (χ1) is 10.1. The van der Waals surface area contributed by atoms with Crippen LogP contribution in [0, 0.1) is 11.7 Å². The lowest BCUT2D eigenvalue weighted by molar-refractivity contribution is -0.142. The summed E-state index contributed by atoms with van der Waals surface area (Å²) in [6, 6.07) is 5.63. The van der Waals surface area contributed by atoms with E-state index in [0.29, 0.717) is 5.56 Å². The van der Waals surface area contributed by atoms with Gasteiger partial charge in [-0.15, -0.1) is 0 Å². The molecule has 112 valence electrons. The number of nitrogens with one attached hydrogen (secondary N) is 1. The van der Waals surface area contributed by atoms with Gasteiger partial charge >= 0.3 is 5.97 Å². The van der Waals surface area contributed by atoms with Crippen molar-refractivity contribution in [1.29, 1.82) is 0 Å². The van der Waals surface area contributed by atoms with Gasteiger partial charge in [-0.1, -0.05) is 24.3 Å². The van der Waals surface area contributed by atoms with Gasteiger partial charge in [0.2, 0.25) is 5.91 Å². The molecule has 21 heavy (non-hydrogen) atoms. The number of esters is 1. The number of hydrogen-bond acceptors (Lipinski definition) is 3. The molecule has 1 aliphatic carbocycles. The first-order valence-electron chi connectivity index (χ1n) is 6.88. The second kappa shape index (κ2) is 7.02. The Labute approximate surface area is 123 Å². The van der Waals surface area contributed by atoms with Gasteiger partial charge < -0.3 is 10.1 Å². The van der Waals surface area contributed by atoms with Gasteiger partial charge in [0.15, 0.2) is 0 Å². The van der Waals surface area contributed by atoms with Crippen LogP contribution >= 0.6 is 0 Å². The van der Waals surface area contributed by atoms with Crippen LogP contribution < -0.4 is 5.32 Å². The summed E-state index contributed by atoms with van der Waals surface area (Å²) in [5, 5.41) is 2.78. The van der Waals surface area contributed by atoms with E-state index in [9.17, 15) is 14.0 Å². The normalized spacial score (nSPS) is 15.7. The fourth-order valence-corrected chi connectivity index (χ4v) is 2.35. The number of benzene rings is 1. The maximum atomic E-state index is 13.0. The zero-order chi connectivity index (χ0) is 15.2. The molecule has 5 heteroatoms. The molecule has 1 aromatic rings. The van der Waals surface area contributed by atoms with Crippen molar-refractivity contribution in [2.45, 2.75) is 18.8 Å². The Morgan fingerprint density at radius 3 is 2.48 bits per heavy atom. The molecule has 0 radical (unpaired) electrons. The first kappa shape index (κ1) is 15.2. The highest BCUT2D eigenvalue weighted by atomic mass is 19.1. The molecule has 2 rings (SSSR count). The third-order valence-corrected chi connectivity index (χ3v) is 3.62. The van der Waals surface area contributed by atoms with Crippen molar-refractivity contribution in [2.24, 2.45) is 5.92 Å². The molecule has 1 aliphatic rings. The topological polar surface area (TPSA) is 55.4 Å². The lowest BCUT2D eigenvalue weighted by Crippen LogP contribution is -2.35. The SMILES string of the molecule is COC(=O)[C@@H](CNC(=O)C1CC=CC1)c1ccc(F)cc1. The predicted octanol–water partition coefficient (Wildman–Crippen LogP) is 2.16. The van der Waals surface area contributed by atoms with Gasteiger partial charge in [0, 0.05) is 12.5 Å². The summed E-state index contributed by atoms with van der Waals surface area (Å²) in [5.74, 6) is -1.59. The van der Waals surface area contributed by atoms with E-state index in [4.69, 9.17) is 4.74 Å². The minimum atomic E-state index is -0.631. The highest BCUT2D eigenvalue weighted by Crippen LogP contribution is 2.20. The molecule has 0 spiro atoms.